The summed E-state index contributed by atoms with van der Waals surface area (Å²) < 4.78 is 0. The van der Waals surface area contributed by atoms with Crippen LogP contribution in [-0.4, -0.2) is 21.9 Å². The van der Waals surface area contributed by atoms with Crippen LogP contribution in [0.2, 0.25) is 0 Å². The van der Waals surface area contributed by atoms with Crippen LogP contribution in [0.3, 0.4) is 0 Å². The van der Waals surface area contributed by atoms with E-state index in [0.717, 1.165) is 22.5 Å². The van der Waals surface area contributed by atoms with Crippen molar-refractivity contribution in [2.24, 2.45) is 11.7 Å². The van der Waals surface area contributed by atoms with Gasteiger partial charge in [0.1, 0.15) is 0 Å². The average Bonchev–Trinajstić information content (AvgIpc) is 2.69. The minimum Gasteiger partial charge on any atom is -0.368 e. The Labute approximate surface area is 166 Å². The molecule has 1 amide bonds. The largest absolute Gasteiger partial charge is 0.368 e. The van der Waals surface area contributed by atoms with Crippen LogP contribution in [-0.2, 0) is 4.79 Å². The molecule has 1 unspecified atom stereocenters. The molecule has 0 saturated carbocycles. The van der Waals surface area contributed by atoms with Gasteiger partial charge in [-0.1, -0.05) is 74.5 Å². The monoisotopic (exact) mass is 374 g/mol. The summed E-state index contributed by atoms with van der Waals surface area (Å²) in [5.41, 5.74) is 9.38. The SMILES string of the molecule is Cc1cc(-c2ccccc2)nc(C(N[C@H](C(N)=O)C(C)C)c2ccccc2)n1. The van der Waals surface area contributed by atoms with Gasteiger partial charge in [-0.05, 0) is 24.5 Å². The summed E-state index contributed by atoms with van der Waals surface area (Å²) in [6, 6.07) is 21.0. The molecule has 3 rings (SSSR count). The van der Waals surface area contributed by atoms with Crippen molar-refractivity contribution in [3.05, 3.63) is 83.8 Å². The summed E-state index contributed by atoms with van der Waals surface area (Å²) >= 11 is 0. The van der Waals surface area contributed by atoms with Crippen LogP contribution >= 0.6 is 0 Å². The fraction of sp³-hybridized carbons (Fsp3) is 0.261. The number of amides is 1. The zero-order chi connectivity index (χ0) is 20.1. The lowest BCUT2D eigenvalue weighted by atomic mass is 9.99. The summed E-state index contributed by atoms with van der Waals surface area (Å²) in [7, 11) is 0. The third kappa shape index (κ3) is 4.61. The van der Waals surface area contributed by atoms with Gasteiger partial charge in [0.25, 0.3) is 0 Å². The highest BCUT2D eigenvalue weighted by molar-refractivity contribution is 5.80. The number of aryl methyl sites for hydroxylation is 1. The van der Waals surface area contributed by atoms with Gasteiger partial charge >= 0.3 is 0 Å². The lowest BCUT2D eigenvalue weighted by molar-refractivity contribution is -0.121. The van der Waals surface area contributed by atoms with Crippen molar-refractivity contribution in [1.82, 2.24) is 15.3 Å². The fourth-order valence-corrected chi connectivity index (χ4v) is 3.23. The molecule has 0 aliphatic heterocycles. The summed E-state index contributed by atoms with van der Waals surface area (Å²) in [6.45, 7) is 5.89. The number of hydrogen-bond donors (Lipinski definition) is 2. The summed E-state index contributed by atoms with van der Waals surface area (Å²) in [5.74, 6) is 0.283. The number of hydrogen-bond acceptors (Lipinski definition) is 4. The lowest BCUT2D eigenvalue weighted by Gasteiger charge is -2.26. The number of aromatic nitrogens is 2. The third-order valence-corrected chi connectivity index (χ3v) is 4.65. The molecule has 0 aliphatic carbocycles. The van der Waals surface area contributed by atoms with E-state index in [1.54, 1.807) is 0 Å². The van der Waals surface area contributed by atoms with E-state index >= 15 is 0 Å². The van der Waals surface area contributed by atoms with E-state index in [1.807, 2.05) is 87.5 Å². The number of primary amides is 1. The Bertz CT molecular complexity index is 926. The first kappa shape index (κ1) is 19.7. The van der Waals surface area contributed by atoms with E-state index in [1.165, 1.54) is 0 Å². The predicted molar refractivity (Wildman–Crippen MR) is 111 cm³/mol. The minimum absolute atomic E-state index is 0.0436. The first-order valence-electron chi connectivity index (χ1n) is 9.47. The Morgan fingerprint density at radius 2 is 1.57 bits per heavy atom. The van der Waals surface area contributed by atoms with Crippen LogP contribution in [0.1, 0.15) is 37.0 Å². The lowest BCUT2D eigenvalue weighted by Crippen LogP contribution is -2.47. The molecule has 1 aromatic heterocycles. The van der Waals surface area contributed by atoms with Crippen molar-refractivity contribution < 1.29 is 4.79 Å². The minimum atomic E-state index is -0.491. The van der Waals surface area contributed by atoms with Crippen LogP contribution in [0.25, 0.3) is 11.3 Å². The van der Waals surface area contributed by atoms with Crippen LogP contribution in [0.4, 0.5) is 0 Å². The topological polar surface area (TPSA) is 80.9 Å². The van der Waals surface area contributed by atoms with Crippen LogP contribution in [0.5, 0.6) is 0 Å². The van der Waals surface area contributed by atoms with E-state index in [9.17, 15) is 4.79 Å². The molecule has 5 nitrogen and oxygen atoms in total. The first-order valence-corrected chi connectivity index (χ1v) is 9.47. The second-order valence-electron chi connectivity index (χ2n) is 7.25. The molecule has 0 fully saturated rings. The molecular formula is C23H26N4O. The molecule has 2 atom stereocenters. The number of nitrogens with zero attached hydrogens (tertiary/aromatic N) is 2. The van der Waals surface area contributed by atoms with Crippen molar-refractivity contribution in [2.75, 3.05) is 0 Å². The van der Waals surface area contributed by atoms with Crippen LogP contribution in [0.15, 0.2) is 66.7 Å². The highest BCUT2D eigenvalue weighted by atomic mass is 16.1. The van der Waals surface area contributed by atoms with Gasteiger partial charge in [0, 0.05) is 11.3 Å². The second kappa shape index (κ2) is 8.76. The molecule has 144 valence electrons. The van der Waals surface area contributed by atoms with E-state index in [0.29, 0.717) is 5.82 Å². The van der Waals surface area contributed by atoms with Gasteiger partial charge in [-0.2, -0.15) is 0 Å². The third-order valence-electron chi connectivity index (χ3n) is 4.65. The van der Waals surface area contributed by atoms with E-state index in [4.69, 9.17) is 10.7 Å². The number of nitrogens with two attached hydrogens (primary N) is 1. The summed E-state index contributed by atoms with van der Waals surface area (Å²) in [6.07, 6.45) is 0. The Balaban J connectivity index is 2.08. The van der Waals surface area contributed by atoms with Gasteiger partial charge in [-0.25, -0.2) is 9.97 Å². The quantitative estimate of drug-likeness (QED) is 0.662. The molecule has 0 spiro atoms. The van der Waals surface area contributed by atoms with Gasteiger partial charge in [0.05, 0.1) is 17.8 Å². The Morgan fingerprint density at radius 1 is 0.964 bits per heavy atom. The summed E-state index contributed by atoms with van der Waals surface area (Å²) in [5, 5.41) is 3.39. The molecular weight excluding hydrogens is 348 g/mol. The van der Waals surface area contributed by atoms with Gasteiger partial charge in [0.15, 0.2) is 5.82 Å². The van der Waals surface area contributed by atoms with E-state index in [2.05, 4.69) is 10.3 Å². The highest BCUT2D eigenvalue weighted by Gasteiger charge is 2.27. The Kier molecular flexibility index (Phi) is 6.16. The van der Waals surface area contributed by atoms with Gasteiger partial charge in [-0.15, -0.1) is 0 Å². The first-order chi connectivity index (χ1) is 13.5. The van der Waals surface area contributed by atoms with E-state index < -0.39 is 6.04 Å². The molecule has 0 aliphatic rings. The number of benzene rings is 2. The van der Waals surface area contributed by atoms with Crippen molar-refractivity contribution in [2.45, 2.75) is 32.9 Å². The van der Waals surface area contributed by atoms with E-state index in [-0.39, 0.29) is 17.9 Å². The highest BCUT2D eigenvalue weighted by Crippen LogP contribution is 2.25. The molecule has 28 heavy (non-hydrogen) atoms. The standard InChI is InChI=1S/C23H26N4O/c1-15(2)20(22(24)28)27-21(18-12-8-5-9-13-18)23-25-16(3)14-19(26-23)17-10-6-4-7-11-17/h4-15,20-21,27H,1-3H3,(H2,24,28)/t20-,21?/m0/s1. The summed E-state index contributed by atoms with van der Waals surface area (Å²) in [4.78, 5) is 21.5. The van der Waals surface area contributed by atoms with Gasteiger partial charge in [0.2, 0.25) is 5.91 Å². The van der Waals surface area contributed by atoms with Crippen molar-refractivity contribution >= 4 is 5.91 Å². The molecule has 0 saturated heterocycles. The number of carbonyl (C=O) groups excluding carboxylic acids is 1. The molecule has 1 heterocycles. The normalized spacial score (nSPS) is 13.3. The second-order valence-corrected chi connectivity index (χ2v) is 7.25. The van der Waals surface area contributed by atoms with Crippen LogP contribution < -0.4 is 11.1 Å². The van der Waals surface area contributed by atoms with Gasteiger partial charge < -0.3 is 5.73 Å². The maximum atomic E-state index is 12.0. The smallest absolute Gasteiger partial charge is 0.234 e. The van der Waals surface area contributed by atoms with Crippen LogP contribution in [0, 0.1) is 12.8 Å². The molecule has 2 aromatic carbocycles. The zero-order valence-corrected chi connectivity index (χ0v) is 16.5. The molecule has 0 radical (unpaired) electrons. The maximum absolute atomic E-state index is 12.0. The number of rotatable bonds is 7. The number of nitrogens with one attached hydrogen (secondary N) is 1. The Hall–Kier alpha value is -3.05. The van der Waals surface area contributed by atoms with Gasteiger partial charge in [-0.3, -0.25) is 10.1 Å². The molecule has 3 aromatic rings. The Morgan fingerprint density at radius 3 is 2.14 bits per heavy atom. The van der Waals surface area contributed by atoms with Crippen molar-refractivity contribution in [3.8, 4) is 11.3 Å². The van der Waals surface area contributed by atoms with Crippen molar-refractivity contribution in [1.29, 1.82) is 0 Å². The predicted octanol–water partition coefficient (Wildman–Crippen LogP) is 3.64. The van der Waals surface area contributed by atoms with Crippen molar-refractivity contribution in [3.63, 3.8) is 0 Å². The number of carbonyl (C=O) groups is 1. The fourth-order valence-electron chi connectivity index (χ4n) is 3.23. The molecule has 3 N–H and O–H groups in total. The maximum Gasteiger partial charge on any atom is 0.234 e. The molecule has 5 heteroatoms. The average molecular weight is 374 g/mol. The molecule has 0 bridgehead atoms. The zero-order valence-electron chi connectivity index (χ0n) is 16.5.